The van der Waals surface area contributed by atoms with Crippen LogP contribution in [0.25, 0.3) is 0 Å². The van der Waals surface area contributed by atoms with Crippen molar-refractivity contribution >= 4 is 52.1 Å². The third kappa shape index (κ3) is 4.25. The largest absolute Gasteiger partial charge is 0.452 e. The van der Waals surface area contributed by atoms with Crippen molar-refractivity contribution in [3.63, 3.8) is 0 Å². The molecule has 2 aromatic rings. The zero-order chi connectivity index (χ0) is 17.1. The molecule has 7 heteroatoms. The molecule has 1 aromatic carbocycles. The average molecular weight is 372 g/mol. The summed E-state index contributed by atoms with van der Waals surface area (Å²) in [7, 11) is 0. The van der Waals surface area contributed by atoms with Crippen molar-refractivity contribution in [2.24, 2.45) is 0 Å². The number of hydrogen-bond donors (Lipinski definition) is 1. The summed E-state index contributed by atoms with van der Waals surface area (Å²) in [5, 5.41) is 3.25. The zero-order valence-corrected chi connectivity index (χ0v) is 15.2. The van der Waals surface area contributed by atoms with Crippen molar-refractivity contribution in [2.45, 2.75) is 20.8 Å². The van der Waals surface area contributed by atoms with Crippen molar-refractivity contribution in [3.05, 3.63) is 49.1 Å². The number of carbonyl (C=O) groups is 2. The first-order valence-electron chi connectivity index (χ1n) is 6.78. The Bertz CT molecular complexity index is 771. The highest BCUT2D eigenvalue weighted by molar-refractivity contribution is 7.12. The highest BCUT2D eigenvalue weighted by atomic mass is 35.5. The van der Waals surface area contributed by atoms with Crippen molar-refractivity contribution in [1.29, 1.82) is 0 Å². The fourth-order valence-electron chi connectivity index (χ4n) is 1.99. The van der Waals surface area contributed by atoms with Crippen LogP contribution in [-0.4, -0.2) is 18.5 Å². The van der Waals surface area contributed by atoms with Gasteiger partial charge in [-0.25, -0.2) is 4.79 Å². The van der Waals surface area contributed by atoms with Crippen LogP contribution in [-0.2, 0) is 9.53 Å². The maximum absolute atomic E-state index is 12.0. The number of anilines is 1. The van der Waals surface area contributed by atoms with E-state index < -0.39 is 18.5 Å². The predicted octanol–water partition coefficient (Wildman–Crippen LogP) is 4.78. The van der Waals surface area contributed by atoms with Crippen LogP contribution < -0.4 is 5.32 Å². The van der Waals surface area contributed by atoms with Crippen molar-refractivity contribution in [1.82, 2.24) is 0 Å². The van der Waals surface area contributed by atoms with E-state index in [9.17, 15) is 9.59 Å². The first-order valence-corrected chi connectivity index (χ1v) is 8.35. The van der Waals surface area contributed by atoms with Gasteiger partial charge in [0.05, 0.1) is 21.3 Å². The van der Waals surface area contributed by atoms with E-state index in [0.29, 0.717) is 21.3 Å². The Labute approximate surface area is 148 Å². The molecule has 0 saturated heterocycles. The predicted molar refractivity (Wildman–Crippen MR) is 93.9 cm³/mol. The molecule has 1 N–H and O–H groups in total. The monoisotopic (exact) mass is 371 g/mol. The molecule has 1 heterocycles. The number of carbonyl (C=O) groups excluding carboxylic acids is 2. The molecule has 0 aliphatic carbocycles. The molecule has 4 nitrogen and oxygen atoms in total. The number of halogens is 2. The van der Waals surface area contributed by atoms with Gasteiger partial charge in [0.25, 0.3) is 5.91 Å². The second kappa shape index (κ2) is 7.34. The van der Waals surface area contributed by atoms with Crippen LogP contribution in [0, 0.1) is 20.8 Å². The van der Waals surface area contributed by atoms with Gasteiger partial charge < -0.3 is 10.1 Å². The van der Waals surface area contributed by atoms with Gasteiger partial charge in [0, 0.05) is 9.75 Å². The number of aryl methyl sites for hydroxylation is 3. The normalized spacial score (nSPS) is 10.5. The number of nitrogens with one attached hydrogen (secondary N) is 1. The van der Waals surface area contributed by atoms with Gasteiger partial charge >= 0.3 is 5.97 Å². The van der Waals surface area contributed by atoms with Crippen LogP contribution in [0.3, 0.4) is 0 Å². The van der Waals surface area contributed by atoms with Crippen molar-refractivity contribution in [2.75, 3.05) is 11.9 Å². The van der Waals surface area contributed by atoms with Gasteiger partial charge in [-0.3, -0.25) is 4.79 Å². The number of benzene rings is 1. The molecule has 1 amide bonds. The fourth-order valence-corrected chi connectivity index (χ4v) is 3.37. The molecule has 0 aliphatic rings. The van der Waals surface area contributed by atoms with E-state index in [2.05, 4.69) is 5.32 Å². The van der Waals surface area contributed by atoms with Crippen LogP contribution in [0.4, 0.5) is 5.69 Å². The van der Waals surface area contributed by atoms with E-state index in [1.54, 1.807) is 25.1 Å². The second-order valence-corrected chi connectivity index (χ2v) is 7.25. The summed E-state index contributed by atoms with van der Waals surface area (Å²) in [5.41, 5.74) is 1.58. The van der Waals surface area contributed by atoms with E-state index in [4.69, 9.17) is 27.9 Å². The van der Waals surface area contributed by atoms with Gasteiger partial charge in [-0.05, 0) is 38.5 Å². The summed E-state index contributed by atoms with van der Waals surface area (Å²) < 4.78 is 5.04. The molecule has 1 aromatic heterocycles. The molecule has 0 bridgehead atoms. The second-order valence-electron chi connectivity index (χ2n) is 5.00. The first kappa shape index (κ1) is 17.8. The first-order chi connectivity index (χ1) is 10.8. The topological polar surface area (TPSA) is 55.4 Å². The SMILES string of the molecule is Cc1cc(C(=O)OCC(=O)Nc2c(Cl)ccc(C)c2Cl)c(C)s1. The molecular weight excluding hydrogens is 357 g/mol. The van der Waals surface area contributed by atoms with E-state index in [0.717, 1.165) is 15.3 Å². The number of rotatable bonds is 4. The molecule has 0 atom stereocenters. The maximum Gasteiger partial charge on any atom is 0.339 e. The van der Waals surface area contributed by atoms with Gasteiger partial charge in [-0.2, -0.15) is 0 Å². The summed E-state index contributed by atoms with van der Waals surface area (Å²) >= 11 is 13.6. The van der Waals surface area contributed by atoms with E-state index in [1.807, 2.05) is 13.8 Å². The summed E-state index contributed by atoms with van der Waals surface area (Å²) in [6.07, 6.45) is 0. The molecule has 0 saturated carbocycles. The molecule has 2 rings (SSSR count). The molecular formula is C16H15Cl2NO3S. The Kier molecular flexibility index (Phi) is 5.68. The minimum absolute atomic E-state index is 0.317. The Morgan fingerprint density at radius 1 is 1.22 bits per heavy atom. The third-order valence-electron chi connectivity index (χ3n) is 3.14. The molecule has 0 fully saturated rings. The Balaban J connectivity index is 2.00. The molecule has 23 heavy (non-hydrogen) atoms. The highest BCUT2D eigenvalue weighted by Crippen LogP contribution is 2.32. The van der Waals surface area contributed by atoms with Gasteiger partial charge in [-0.15, -0.1) is 11.3 Å². The van der Waals surface area contributed by atoms with Crippen molar-refractivity contribution in [3.8, 4) is 0 Å². The lowest BCUT2D eigenvalue weighted by Gasteiger charge is -2.11. The fraction of sp³-hybridized carbons (Fsp3) is 0.250. The van der Waals surface area contributed by atoms with Crippen LogP contribution in [0.2, 0.25) is 10.0 Å². The van der Waals surface area contributed by atoms with Gasteiger partial charge in [-0.1, -0.05) is 29.3 Å². The Morgan fingerprint density at radius 2 is 1.91 bits per heavy atom. The Morgan fingerprint density at radius 3 is 2.52 bits per heavy atom. The van der Waals surface area contributed by atoms with Crippen molar-refractivity contribution < 1.29 is 14.3 Å². The van der Waals surface area contributed by atoms with E-state index in [1.165, 1.54) is 11.3 Å². The summed E-state index contributed by atoms with van der Waals surface area (Å²) in [6, 6.07) is 5.14. The third-order valence-corrected chi connectivity index (χ3v) is 4.91. The summed E-state index contributed by atoms with van der Waals surface area (Å²) in [6.45, 7) is 5.13. The standard InChI is InChI=1S/C16H15Cl2NO3S/c1-8-4-5-12(17)15(14(8)18)19-13(20)7-22-16(21)11-6-9(2)23-10(11)3/h4-6H,7H2,1-3H3,(H,19,20). The number of esters is 1. The Hall–Kier alpha value is -1.56. The number of thiophene rings is 1. The minimum atomic E-state index is -0.525. The molecule has 0 unspecified atom stereocenters. The lowest BCUT2D eigenvalue weighted by Crippen LogP contribution is -2.21. The minimum Gasteiger partial charge on any atom is -0.452 e. The van der Waals surface area contributed by atoms with Crippen LogP contribution in [0.5, 0.6) is 0 Å². The summed E-state index contributed by atoms with van der Waals surface area (Å²) in [4.78, 5) is 25.8. The van der Waals surface area contributed by atoms with Gasteiger partial charge in [0.1, 0.15) is 0 Å². The smallest absolute Gasteiger partial charge is 0.339 e. The number of hydrogen-bond acceptors (Lipinski definition) is 4. The van der Waals surface area contributed by atoms with Crippen LogP contribution in [0.15, 0.2) is 18.2 Å². The molecule has 0 spiro atoms. The number of ether oxygens (including phenoxy) is 1. The molecule has 0 radical (unpaired) electrons. The quantitative estimate of drug-likeness (QED) is 0.787. The molecule has 122 valence electrons. The lowest BCUT2D eigenvalue weighted by molar-refractivity contribution is -0.119. The number of amides is 1. The van der Waals surface area contributed by atoms with Crippen LogP contribution in [0.1, 0.15) is 25.7 Å². The molecule has 0 aliphatic heterocycles. The van der Waals surface area contributed by atoms with Gasteiger partial charge in [0.2, 0.25) is 0 Å². The highest BCUT2D eigenvalue weighted by Gasteiger charge is 2.16. The average Bonchev–Trinajstić information content (AvgIpc) is 2.84. The summed E-state index contributed by atoms with van der Waals surface area (Å²) in [5.74, 6) is -1.03. The zero-order valence-electron chi connectivity index (χ0n) is 12.8. The van der Waals surface area contributed by atoms with E-state index >= 15 is 0 Å². The van der Waals surface area contributed by atoms with E-state index in [-0.39, 0.29) is 0 Å². The lowest BCUT2D eigenvalue weighted by atomic mass is 10.2. The van der Waals surface area contributed by atoms with Crippen LogP contribution >= 0.6 is 34.5 Å². The van der Waals surface area contributed by atoms with Gasteiger partial charge in [0.15, 0.2) is 6.61 Å². The maximum atomic E-state index is 12.0.